The summed E-state index contributed by atoms with van der Waals surface area (Å²) in [4.78, 5) is 14.0. The van der Waals surface area contributed by atoms with Gasteiger partial charge in [-0.3, -0.25) is 4.79 Å². The van der Waals surface area contributed by atoms with E-state index in [-0.39, 0.29) is 12.0 Å². The molecule has 0 fully saturated rings. The SMILES string of the molecule is COC(=O)CC1c2ccccc2CN1c1ccccc1. The minimum atomic E-state index is -0.173. The van der Waals surface area contributed by atoms with Crippen molar-refractivity contribution in [1.82, 2.24) is 0 Å². The third kappa shape index (κ3) is 2.27. The molecule has 1 aliphatic heterocycles. The predicted octanol–water partition coefficient (Wildman–Crippen LogP) is 3.31. The fraction of sp³-hybridized carbons (Fsp3) is 0.235. The third-order valence-corrected chi connectivity index (χ3v) is 3.81. The number of carbonyl (C=O) groups is 1. The van der Waals surface area contributed by atoms with Gasteiger partial charge in [-0.05, 0) is 23.3 Å². The fourth-order valence-electron chi connectivity index (χ4n) is 2.82. The van der Waals surface area contributed by atoms with Crippen molar-refractivity contribution < 1.29 is 9.53 Å². The van der Waals surface area contributed by atoms with Gasteiger partial charge in [0.1, 0.15) is 0 Å². The van der Waals surface area contributed by atoms with Crippen LogP contribution in [0.2, 0.25) is 0 Å². The van der Waals surface area contributed by atoms with Crippen LogP contribution in [0.25, 0.3) is 0 Å². The number of ether oxygens (including phenoxy) is 1. The van der Waals surface area contributed by atoms with Crippen molar-refractivity contribution in [2.24, 2.45) is 0 Å². The van der Waals surface area contributed by atoms with Crippen LogP contribution in [0.3, 0.4) is 0 Å². The average molecular weight is 267 g/mol. The molecule has 0 amide bonds. The maximum atomic E-state index is 11.7. The number of fused-ring (bicyclic) bond motifs is 1. The van der Waals surface area contributed by atoms with E-state index in [1.165, 1.54) is 18.2 Å². The van der Waals surface area contributed by atoms with E-state index in [4.69, 9.17) is 4.74 Å². The van der Waals surface area contributed by atoms with Crippen LogP contribution < -0.4 is 4.90 Å². The van der Waals surface area contributed by atoms with E-state index in [1.54, 1.807) is 0 Å². The molecule has 0 saturated carbocycles. The molecule has 2 aromatic rings. The van der Waals surface area contributed by atoms with E-state index in [2.05, 4.69) is 29.2 Å². The molecule has 0 N–H and O–H groups in total. The van der Waals surface area contributed by atoms with Gasteiger partial charge >= 0.3 is 5.97 Å². The van der Waals surface area contributed by atoms with Crippen molar-refractivity contribution in [2.45, 2.75) is 19.0 Å². The molecule has 0 bridgehead atoms. The number of anilines is 1. The standard InChI is InChI=1S/C17H17NO2/c1-20-17(19)11-16-15-10-6-5-7-13(15)12-18(16)14-8-3-2-4-9-14/h2-10,16H,11-12H2,1H3. The Labute approximate surface area is 118 Å². The average Bonchev–Trinajstić information content (AvgIpc) is 2.87. The highest BCUT2D eigenvalue weighted by molar-refractivity contribution is 5.72. The fourth-order valence-corrected chi connectivity index (χ4v) is 2.82. The molecule has 1 aliphatic rings. The maximum Gasteiger partial charge on any atom is 0.307 e. The van der Waals surface area contributed by atoms with Gasteiger partial charge in [-0.2, -0.15) is 0 Å². The Morgan fingerprint density at radius 1 is 1.15 bits per heavy atom. The van der Waals surface area contributed by atoms with Gasteiger partial charge in [0, 0.05) is 12.2 Å². The summed E-state index contributed by atoms with van der Waals surface area (Å²) in [6.45, 7) is 0.835. The van der Waals surface area contributed by atoms with Gasteiger partial charge in [0.2, 0.25) is 0 Å². The minimum absolute atomic E-state index is 0.0565. The molecule has 0 radical (unpaired) electrons. The molecule has 3 nitrogen and oxygen atoms in total. The Kier molecular flexibility index (Phi) is 3.42. The van der Waals surface area contributed by atoms with Gasteiger partial charge in [-0.1, -0.05) is 42.5 Å². The van der Waals surface area contributed by atoms with Crippen molar-refractivity contribution in [2.75, 3.05) is 12.0 Å². The molecule has 3 heteroatoms. The Bertz CT molecular complexity index is 609. The Hall–Kier alpha value is -2.29. The Morgan fingerprint density at radius 3 is 2.60 bits per heavy atom. The highest BCUT2D eigenvalue weighted by Gasteiger charge is 2.31. The number of nitrogens with zero attached hydrogens (tertiary/aromatic N) is 1. The van der Waals surface area contributed by atoms with Crippen molar-refractivity contribution in [3.8, 4) is 0 Å². The topological polar surface area (TPSA) is 29.5 Å². The molecule has 0 aromatic heterocycles. The van der Waals surface area contributed by atoms with Crippen LogP contribution in [-0.4, -0.2) is 13.1 Å². The highest BCUT2D eigenvalue weighted by atomic mass is 16.5. The number of hydrogen-bond donors (Lipinski definition) is 0. The third-order valence-electron chi connectivity index (χ3n) is 3.81. The zero-order valence-electron chi connectivity index (χ0n) is 11.5. The molecule has 2 aromatic carbocycles. The zero-order chi connectivity index (χ0) is 13.9. The number of carbonyl (C=O) groups excluding carboxylic acids is 1. The zero-order valence-corrected chi connectivity index (χ0v) is 11.5. The summed E-state index contributed by atoms with van der Waals surface area (Å²) in [7, 11) is 1.44. The van der Waals surface area contributed by atoms with Crippen molar-refractivity contribution in [1.29, 1.82) is 0 Å². The number of benzene rings is 2. The molecular formula is C17H17NO2. The van der Waals surface area contributed by atoms with Gasteiger partial charge in [0.25, 0.3) is 0 Å². The molecule has 0 spiro atoms. The second kappa shape index (κ2) is 5.37. The van der Waals surface area contributed by atoms with Gasteiger partial charge < -0.3 is 9.64 Å². The Morgan fingerprint density at radius 2 is 1.85 bits per heavy atom. The number of para-hydroxylation sites is 1. The van der Waals surface area contributed by atoms with Crippen LogP contribution in [-0.2, 0) is 16.1 Å². The van der Waals surface area contributed by atoms with E-state index >= 15 is 0 Å². The molecule has 0 aliphatic carbocycles. The van der Waals surface area contributed by atoms with Crippen LogP contribution in [0.1, 0.15) is 23.6 Å². The summed E-state index contributed by atoms with van der Waals surface area (Å²) >= 11 is 0. The predicted molar refractivity (Wildman–Crippen MR) is 78.4 cm³/mol. The molecule has 1 heterocycles. The van der Waals surface area contributed by atoms with Crippen molar-refractivity contribution in [3.05, 3.63) is 65.7 Å². The largest absolute Gasteiger partial charge is 0.469 e. The van der Waals surface area contributed by atoms with Gasteiger partial charge in [0.15, 0.2) is 0 Å². The second-order valence-corrected chi connectivity index (χ2v) is 4.96. The summed E-state index contributed by atoms with van der Waals surface area (Å²) in [5, 5.41) is 0. The van der Waals surface area contributed by atoms with Crippen LogP contribution in [0.5, 0.6) is 0 Å². The maximum absolute atomic E-state index is 11.7. The van der Waals surface area contributed by atoms with Crippen molar-refractivity contribution >= 4 is 11.7 Å². The van der Waals surface area contributed by atoms with Gasteiger partial charge in [-0.15, -0.1) is 0 Å². The lowest BCUT2D eigenvalue weighted by atomic mass is 10.0. The number of esters is 1. The van der Waals surface area contributed by atoms with Crippen LogP contribution in [0.4, 0.5) is 5.69 Å². The summed E-state index contributed by atoms with van der Waals surface area (Å²) in [6, 6.07) is 18.6. The quantitative estimate of drug-likeness (QED) is 0.799. The molecule has 102 valence electrons. The first-order valence-electron chi connectivity index (χ1n) is 6.76. The summed E-state index contributed by atoms with van der Waals surface area (Å²) in [5.74, 6) is -0.173. The lowest BCUT2D eigenvalue weighted by Gasteiger charge is -2.26. The van der Waals surface area contributed by atoms with E-state index in [9.17, 15) is 4.79 Å². The summed E-state index contributed by atoms with van der Waals surface area (Å²) in [6.07, 6.45) is 0.377. The van der Waals surface area contributed by atoms with Crippen LogP contribution >= 0.6 is 0 Å². The number of rotatable bonds is 3. The smallest absolute Gasteiger partial charge is 0.307 e. The lowest BCUT2D eigenvalue weighted by molar-refractivity contribution is -0.141. The van der Waals surface area contributed by atoms with E-state index in [0.29, 0.717) is 6.42 Å². The highest BCUT2D eigenvalue weighted by Crippen LogP contribution is 2.39. The summed E-state index contributed by atoms with van der Waals surface area (Å²) in [5.41, 5.74) is 3.64. The monoisotopic (exact) mass is 267 g/mol. The van der Waals surface area contributed by atoms with Crippen molar-refractivity contribution in [3.63, 3.8) is 0 Å². The number of hydrogen-bond acceptors (Lipinski definition) is 3. The van der Waals surface area contributed by atoms with Crippen LogP contribution in [0, 0.1) is 0 Å². The Balaban J connectivity index is 1.96. The normalized spacial score (nSPS) is 16.9. The molecule has 1 atom stereocenters. The first-order valence-corrected chi connectivity index (χ1v) is 6.76. The van der Waals surface area contributed by atoms with E-state index in [1.807, 2.05) is 30.3 Å². The molecule has 20 heavy (non-hydrogen) atoms. The van der Waals surface area contributed by atoms with Gasteiger partial charge in [-0.25, -0.2) is 0 Å². The first-order chi connectivity index (χ1) is 9.79. The number of methoxy groups -OCH3 is 1. The molecule has 3 rings (SSSR count). The van der Waals surface area contributed by atoms with Crippen LogP contribution in [0.15, 0.2) is 54.6 Å². The van der Waals surface area contributed by atoms with E-state index in [0.717, 1.165) is 12.2 Å². The first kappa shape index (κ1) is 12.7. The second-order valence-electron chi connectivity index (χ2n) is 4.96. The van der Waals surface area contributed by atoms with E-state index < -0.39 is 0 Å². The summed E-state index contributed by atoms with van der Waals surface area (Å²) < 4.78 is 4.85. The molecule has 0 saturated heterocycles. The van der Waals surface area contributed by atoms with Gasteiger partial charge in [0.05, 0.1) is 19.6 Å². The lowest BCUT2D eigenvalue weighted by Crippen LogP contribution is -2.24. The minimum Gasteiger partial charge on any atom is -0.469 e. The molecule has 1 unspecified atom stereocenters. The molecular weight excluding hydrogens is 250 g/mol.